The normalized spacial score (nSPS) is 9.78. The van der Waals surface area contributed by atoms with E-state index in [1.807, 2.05) is 205 Å². The number of pyridine rings is 8. The standard InChI is InChI=1S/C19H16NO.3C18H15N2O.C13H14N.10C2H6/c1-13-10-11-15-14-7-3-4-9-17(14)21-19(15)18(13)16-8-5-6-12-20(16)2;1-12-8-9-13-14-6-5-10-19-18(14)21-17(13)16(12)15-7-3-4-11-20(15)2;1-12-6-7-14-13-8-9-19-11-16(13)21-18(14)17(12)15-5-3-4-10-20(15)2;1-12-6-7-13-14-11-19-9-8-16(14)21-18(13)17(12)15-5-3-4-10-20(15)2;1-11-7-3-4-8-12(11)13-9-5-6-10-14(13)2;10*1-2/h3-12H,1-2H3;3*3-11H,1-2H3;3-10H,1-2H3;10*1-2H3/q5*+1;;;;;;;;;;. The Bertz CT molecular complexity index is 5310. The van der Waals surface area contributed by atoms with Crippen molar-refractivity contribution in [2.45, 2.75) is 173 Å². The van der Waals surface area contributed by atoms with Gasteiger partial charge in [0.15, 0.2) is 42.2 Å². The fourth-order valence-electron chi connectivity index (χ4n) is 13.3. The van der Waals surface area contributed by atoms with Crippen LogP contribution in [-0.4, -0.2) is 15.0 Å². The van der Waals surface area contributed by atoms with E-state index in [1.165, 1.54) is 61.1 Å². The molecule has 0 atom stereocenters. The summed E-state index contributed by atoms with van der Waals surface area (Å²) in [5.41, 5.74) is 25.0. The number of furan rings is 4. The molecule has 6 aromatic carbocycles. The largest absolute Gasteiger partial charge is 0.455 e. The molecule has 12 heteroatoms. The molecule has 118 heavy (non-hydrogen) atoms. The Kier molecular flexibility index (Phi) is 42.9. The van der Waals surface area contributed by atoms with Crippen molar-refractivity contribution in [2.75, 3.05) is 0 Å². The van der Waals surface area contributed by atoms with Gasteiger partial charge in [-0.25, -0.2) is 27.8 Å². The molecule has 0 saturated heterocycles. The van der Waals surface area contributed by atoms with Crippen LogP contribution in [0.3, 0.4) is 0 Å². The first-order chi connectivity index (χ1) is 57.8. The smallest absolute Gasteiger partial charge is 0.227 e. The third-order valence-electron chi connectivity index (χ3n) is 18.4. The Hall–Kier alpha value is -12.3. The van der Waals surface area contributed by atoms with Gasteiger partial charge in [-0.05, 0) is 129 Å². The van der Waals surface area contributed by atoms with Gasteiger partial charge in [-0.1, -0.05) is 223 Å². The average molecular weight is 1590 g/mol. The van der Waals surface area contributed by atoms with Gasteiger partial charge in [0, 0.05) is 134 Å². The summed E-state index contributed by atoms with van der Waals surface area (Å²) in [7, 11) is 10.3. The lowest BCUT2D eigenvalue weighted by Gasteiger charge is -2.04. The van der Waals surface area contributed by atoms with E-state index in [9.17, 15) is 0 Å². The van der Waals surface area contributed by atoms with Crippen LogP contribution in [0.4, 0.5) is 0 Å². The highest BCUT2D eigenvalue weighted by molar-refractivity contribution is 6.12. The minimum Gasteiger partial charge on any atom is -0.455 e. The minimum absolute atomic E-state index is 0.693. The van der Waals surface area contributed by atoms with Crippen LogP contribution >= 0.6 is 0 Å². The lowest BCUT2D eigenvalue weighted by molar-refractivity contribution is -0.660. The maximum atomic E-state index is 6.16. The van der Waals surface area contributed by atoms with Crippen LogP contribution in [0.2, 0.25) is 0 Å². The minimum atomic E-state index is 0.693. The van der Waals surface area contributed by atoms with Crippen molar-refractivity contribution >= 4 is 87.9 Å². The van der Waals surface area contributed by atoms with Crippen molar-refractivity contribution in [3.63, 3.8) is 0 Å². The lowest BCUT2D eigenvalue weighted by atomic mass is 10.0. The summed E-state index contributed by atoms with van der Waals surface area (Å²) in [5, 5.41) is 8.95. The number of aryl methyl sites for hydroxylation is 10. The Morgan fingerprint density at radius 1 is 0.220 bits per heavy atom. The van der Waals surface area contributed by atoms with Crippen LogP contribution in [0.5, 0.6) is 0 Å². The van der Waals surface area contributed by atoms with Crippen LogP contribution in [0.15, 0.2) is 292 Å². The van der Waals surface area contributed by atoms with Gasteiger partial charge < -0.3 is 17.7 Å². The van der Waals surface area contributed by atoms with Crippen LogP contribution in [-0.2, 0) is 35.2 Å². The average Bonchev–Trinajstić information content (AvgIpc) is 1.60. The summed E-state index contributed by atoms with van der Waals surface area (Å²) in [6.45, 7) is 50.6. The number of aromatic nitrogens is 8. The molecule has 12 nitrogen and oxygen atoms in total. The number of hydrogen-bond acceptors (Lipinski definition) is 7. The number of para-hydroxylation sites is 1. The molecule has 18 rings (SSSR count). The van der Waals surface area contributed by atoms with E-state index >= 15 is 0 Å². The van der Waals surface area contributed by atoms with E-state index in [4.69, 9.17) is 17.7 Å². The summed E-state index contributed by atoms with van der Waals surface area (Å²) in [6, 6.07) is 72.8. The second-order valence-corrected chi connectivity index (χ2v) is 24.8. The predicted octanol–water partition coefficient (Wildman–Crippen LogP) is 28.5. The fourth-order valence-corrected chi connectivity index (χ4v) is 13.3. The first-order valence-electron chi connectivity index (χ1n) is 42.8. The van der Waals surface area contributed by atoms with Crippen molar-refractivity contribution in [2.24, 2.45) is 35.2 Å². The molecule has 0 aliphatic carbocycles. The van der Waals surface area contributed by atoms with E-state index < -0.39 is 0 Å². The van der Waals surface area contributed by atoms with Gasteiger partial charge in [0.25, 0.3) is 0 Å². The van der Waals surface area contributed by atoms with E-state index in [0.29, 0.717) is 5.71 Å². The van der Waals surface area contributed by atoms with Crippen LogP contribution < -0.4 is 22.8 Å². The van der Waals surface area contributed by atoms with Crippen LogP contribution in [0.1, 0.15) is 166 Å². The number of hydrogen-bond donors (Lipinski definition) is 0. The first-order valence-corrected chi connectivity index (χ1v) is 42.8. The van der Waals surface area contributed by atoms with Crippen LogP contribution in [0, 0.1) is 34.6 Å². The van der Waals surface area contributed by atoms with Gasteiger partial charge in [-0.3, -0.25) is 9.97 Å². The monoisotopic (exact) mass is 1580 g/mol. The zero-order valence-corrected chi connectivity index (χ0v) is 76.7. The molecular formula is C106H135N8O4+5. The second-order valence-electron chi connectivity index (χ2n) is 24.8. The molecule has 0 aliphatic rings. The molecule has 618 valence electrons. The molecule has 0 spiro atoms. The number of nitrogens with zero attached hydrogens (tertiary/aromatic N) is 8. The highest BCUT2D eigenvalue weighted by Crippen LogP contribution is 2.41. The third kappa shape index (κ3) is 23.1. The second kappa shape index (κ2) is 51.6. The predicted molar refractivity (Wildman–Crippen MR) is 505 cm³/mol. The van der Waals surface area contributed by atoms with Gasteiger partial charge >= 0.3 is 0 Å². The van der Waals surface area contributed by atoms with Gasteiger partial charge in [0.05, 0.1) is 28.5 Å². The molecule has 18 aromatic rings. The maximum absolute atomic E-state index is 6.16. The summed E-state index contributed by atoms with van der Waals surface area (Å²) >= 11 is 0. The Labute approximate surface area is 705 Å². The van der Waals surface area contributed by atoms with Crippen molar-refractivity contribution in [1.29, 1.82) is 0 Å². The lowest BCUT2D eigenvalue weighted by Crippen LogP contribution is -2.30. The molecular weight excluding hydrogens is 1450 g/mol. The van der Waals surface area contributed by atoms with Crippen molar-refractivity contribution in [3.8, 4) is 56.3 Å². The third-order valence-corrected chi connectivity index (χ3v) is 18.4. The summed E-state index contributed by atoms with van der Waals surface area (Å²) in [4.78, 5) is 12.7. The van der Waals surface area contributed by atoms with Gasteiger partial charge in [0.1, 0.15) is 63.2 Å². The number of fused-ring (bicyclic) bond motifs is 12. The highest BCUT2D eigenvalue weighted by atomic mass is 16.3. The van der Waals surface area contributed by atoms with Crippen molar-refractivity contribution in [1.82, 2.24) is 15.0 Å². The molecule has 12 aromatic heterocycles. The van der Waals surface area contributed by atoms with E-state index in [1.54, 1.807) is 24.8 Å². The van der Waals surface area contributed by atoms with Gasteiger partial charge in [-0.15, -0.1) is 0 Å². The molecule has 0 aliphatic heterocycles. The molecule has 0 N–H and O–H groups in total. The molecule has 0 bridgehead atoms. The van der Waals surface area contributed by atoms with E-state index in [2.05, 4.69) is 290 Å². The Balaban J connectivity index is 0.000000295. The molecule has 0 saturated carbocycles. The van der Waals surface area contributed by atoms with E-state index in [-0.39, 0.29) is 0 Å². The summed E-state index contributed by atoms with van der Waals surface area (Å²) in [6.07, 6.45) is 19.3. The topological polar surface area (TPSA) is 111 Å². The fraction of sp³-hybridized carbons (Fsp3) is 0.283. The summed E-state index contributed by atoms with van der Waals surface area (Å²) in [5.74, 6) is 0. The molecule has 12 heterocycles. The molecule has 0 unspecified atom stereocenters. The SMILES string of the molecule is CC.CC.CC.CC.CC.CC.CC.CC.CC.CC.Cc1ccc2c(oc3ccccc32)c1-c1cccc[n+]1C.Cc1ccc2c(oc3ccncc32)c1-c1cccc[n+]1C.Cc1ccc2c(oc3cnccc32)c1-c1cccc[n+]1C.Cc1ccc2c(oc3ncccc32)c1-c1cccc[n+]1C.Cc1ccccc1-c1cccc[n+]1C. The van der Waals surface area contributed by atoms with Crippen molar-refractivity contribution in [3.05, 3.63) is 302 Å². The molecule has 0 radical (unpaired) electrons. The zero-order valence-electron chi connectivity index (χ0n) is 76.7. The Morgan fingerprint density at radius 2 is 0.525 bits per heavy atom. The van der Waals surface area contributed by atoms with E-state index in [0.717, 1.165) is 105 Å². The highest BCUT2D eigenvalue weighted by Gasteiger charge is 2.25. The zero-order chi connectivity index (χ0) is 87.6. The summed E-state index contributed by atoms with van der Waals surface area (Å²) < 4.78 is 35.1. The Morgan fingerprint density at radius 3 is 0.932 bits per heavy atom. The van der Waals surface area contributed by atoms with Gasteiger partial charge in [-0.2, -0.15) is 0 Å². The number of benzene rings is 6. The van der Waals surface area contributed by atoms with Crippen LogP contribution in [0.25, 0.3) is 144 Å². The maximum Gasteiger partial charge on any atom is 0.227 e. The molecule has 0 amide bonds. The number of rotatable bonds is 5. The first kappa shape index (κ1) is 98.1. The van der Waals surface area contributed by atoms with Gasteiger partial charge in [0.2, 0.25) is 34.2 Å². The quantitative estimate of drug-likeness (QED) is 0.158. The molecule has 0 fully saturated rings. The van der Waals surface area contributed by atoms with Crippen molar-refractivity contribution < 1.29 is 40.5 Å².